The predicted molar refractivity (Wildman–Crippen MR) is 100 cm³/mol. The van der Waals surface area contributed by atoms with Gasteiger partial charge in [0.25, 0.3) is 5.91 Å². The molecular formula is C20H23NO3S. The summed E-state index contributed by atoms with van der Waals surface area (Å²) >= 11 is 1.58. The molecule has 1 aliphatic heterocycles. The number of hydrogen-bond donors (Lipinski definition) is 1. The van der Waals surface area contributed by atoms with E-state index in [-0.39, 0.29) is 18.6 Å². The molecule has 25 heavy (non-hydrogen) atoms. The summed E-state index contributed by atoms with van der Waals surface area (Å²) in [7, 11) is 0. The molecule has 3 rings (SSSR count). The third kappa shape index (κ3) is 4.35. The van der Waals surface area contributed by atoms with Crippen LogP contribution >= 0.6 is 11.8 Å². The van der Waals surface area contributed by atoms with Crippen molar-refractivity contribution in [1.82, 2.24) is 4.90 Å². The Bertz CT molecular complexity index is 711. The minimum Gasteiger partial charge on any atom is -0.486 e. The maximum atomic E-state index is 12.5. The Morgan fingerprint density at radius 1 is 1.20 bits per heavy atom. The fourth-order valence-corrected chi connectivity index (χ4v) is 3.46. The molecule has 1 N–H and O–H groups in total. The van der Waals surface area contributed by atoms with Gasteiger partial charge in [-0.15, -0.1) is 11.8 Å². The number of carbonyl (C=O) groups excluding carboxylic acids is 1. The Morgan fingerprint density at radius 3 is 2.60 bits per heavy atom. The first-order valence-corrected chi connectivity index (χ1v) is 9.57. The average molecular weight is 357 g/mol. The zero-order valence-electron chi connectivity index (χ0n) is 14.4. The van der Waals surface area contributed by atoms with Crippen molar-refractivity contribution < 1.29 is 14.6 Å². The van der Waals surface area contributed by atoms with Crippen LogP contribution in [0.5, 0.6) is 5.75 Å². The molecule has 0 atom stereocenters. The molecule has 1 fully saturated rings. The Labute approximate surface area is 152 Å². The SMILES string of the molecule is CCc1ccccc1OC1CN(C(=O)c2ccc(SCCO)cc2)C1. The molecule has 5 heteroatoms. The first kappa shape index (κ1) is 17.8. The zero-order chi connectivity index (χ0) is 17.6. The normalized spacial score (nSPS) is 14.2. The van der Waals surface area contributed by atoms with E-state index in [4.69, 9.17) is 9.84 Å². The number of hydrogen-bond acceptors (Lipinski definition) is 4. The lowest BCUT2D eigenvalue weighted by molar-refractivity contribution is 0.0174. The van der Waals surface area contributed by atoms with Crippen LogP contribution in [0.3, 0.4) is 0 Å². The minimum atomic E-state index is 0.0438. The molecule has 1 heterocycles. The highest BCUT2D eigenvalue weighted by Crippen LogP contribution is 2.24. The number of carbonyl (C=O) groups is 1. The smallest absolute Gasteiger partial charge is 0.254 e. The lowest BCUT2D eigenvalue weighted by Crippen LogP contribution is -2.56. The number of para-hydroxylation sites is 1. The quantitative estimate of drug-likeness (QED) is 0.773. The van der Waals surface area contributed by atoms with Crippen LogP contribution in [0.15, 0.2) is 53.4 Å². The van der Waals surface area contributed by atoms with Crippen molar-refractivity contribution in [3.63, 3.8) is 0 Å². The van der Waals surface area contributed by atoms with E-state index in [9.17, 15) is 4.79 Å². The van der Waals surface area contributed by atoms with E-state index in [0.717, 1.165) is 17.1 Å². The number of aliphatic hydroxyl groups excluding tert-OH is 1. The number of ether oxygens (including phenoxy) is 1. The molecule has 0 aromatic heterocycles. The summed E-state index contributed by atoms with van der Waals surface area (Å²) in [6.07, 6.45) is 1.00. The van der Waals surface area contributed by atoms with E-state index >= 15 is 0 Å². The molecule has 0 bridgehead atoms. The van der Waals surface area contributed by atoms with Crippen LogP contribution in [0.4, 0.5) is 0 Å². The monoisotopic (exact) mass is 357 g/mol. The van der Waals surface area contributed by atoms with E-state index < -0.39 is 0 Å². The molecule has 1 saturated heterocycles. The minimum absolute atomic E-state index is 0.0438. The number of aliphatic hydroxyl groups is 1. The summed E-state index contributed by atoms with van der Waals surface area (Å²) in [5, 5.41) is 8.85. The van der Waals surface area contributed by atoms with Gasteiger partial charge in [0.2, 0.25) is 0 Å². The fraction of sp³-hybridized carbons (Fsp3) is 0.350. The van der Waals surface area contributed by atoms with Crippen LogP contribution in [0.25, 0.3) is 0 Å². The molecule has 0 unspecified atom stereocenters. The van der Waals surface area contributed by atoms with Gasteiger partial charge in [0, 0.05) is 16.2 Å². The van der Waals surface area contributed by atoms with Crippen LogP contribution in [0, 0.1) is 0 Å². The molecule has 1 amide bonds. The molecular weight excluding hydrogens is 334 g/mol. The third-order valence-corrected chi connectivity index (χ3v) is 5.24. The summed E-state index contributed by atoms with van der Waals surface area (Å²) in [6.45, 7) is 3.51. The van der Waals surface area contributed by atoms with E-state index in [1.165, 1.54) is 5.56 Å². The highest BCUT2D eigenvalue weighted by molar-refractivity contribution is 7.99. The molecule has 0 aliphatic carbocycles. The van der Waals surface area contributed by atoms with Crippen molar-refractivity contribution in [2.45, 2.75) is 24.3 Å². The van der Waals surface area contributed by atoms with Crippen molar-refractivity contribution in [2.75, 3.05) is 25.4 Å². The van der Waals surface area contributed by atoms with E-state index in [1.807, 2.05) is 47.4 Å². The van der Waals surface area contributed by atoms with Gasteiger partial charge < -0.3 is 14.7 Å². The molecule has 2 aromatic rings. The Hall–Kier alpha value is -1.98. The Balaban J connectivity index is 1.52. The van der Waals surface area contributed by atoms with E-state index in [2.05, 4.69) is 13.0 Å². The predicted octanol–water partition coefficient (Wildman–Crippen LogP) is 3.24. The van der Waals surface area contributed by atoms with Crippen LogP contribution < -0.4 is 4.74 Å². The maximum absolute atomic E-state index is 12.5. The first-order chi connectivity index (χ1) is 12.2. The average Bonchev–Trinajstić information content (AvgIpc) is 2.63. The van der Waals surface area contributed by atoms with Gasteiger partial charge in [0.05, 0.1) is 19.7 Å². The van der Waals surface area contributed by atoms with Gasteiger partial charge in [0.1, 0.15) is 11.9 Å². The van der Waals surface area contributed by atoms with Crippen LogP contribution in [-0.2, 0) is 6.42 Å². The topological polar surface area (TPSA) is 49.8 Å². The van der Waals surface area contributed by atoms with Crippen LogP contribution in [0.2, 0.25) is 0 Å². The summed E-state index contributed by atoms with van der Waals surface area (Å²) in [5.74, 6) is 1.63. The molecule has 1 aliphatic rings. The van der Waals surface area contributed by atoms with Crippen molar-refractivity contribution in [3.8, 4) is 5.75 Å². The van der Waals surface area contributed by atoms with Gasteiger partial charge in [-0.3, -0.25) is 4.79 Å². The lowest BCUT2D eigenvalue weighted by atomic mass is 10.1. The van der Waals surface area contributed by atoms with Gasteiger partial charge >= 0.3 is 0 Å². The number of likely N-dealkylation sites (tertiary alicyclic amines) is 1. The number of amides is 1. The van der Waals surface area contributed by atoms with Crippen molar-refractivity contribution in [1.29, 1.82) is 0 Å². The summed E-state index contributed by atoms with van der Waals surface area (Å²) < 4.78 is 6.03. The van der Waals surface area contributed by atoms with Crippen molar-refractivity contribution in [2.24, 2.45) is 0 Å². The molecule has 0 radical (unpaired) electrons. The van der Waals surface area contributed by atoms with Crippen LogP contribution in [-0.4, -0.2) is 47.5 Å². The zero-order valence-corrected chi connectivity index (χ0v) is 15.2. The fourth-order valence-electron chi connectivity index (χ4n) is 2.81. The second-order valence-electron chi connectivity index (χ2n) is 6.01. The highest BCUT2D eigenvalue weighted by atomic mass is 32.2. The molecule has 4 nitrogen and oxygen atoms in total. The molecule has 132 valence electrons. The standard InChI is InChI=1S/C20H23NO3S/c1-2-15-5-3-4-6-19(15)24-17-13-21(14-17)20(23)16-7-9-18(10-8-16)25-12-11-22/h3-10,17,22H,2,11-14H2,1H3. The van der Waals surface area contributed by atoms with Gasteiger partial charge in [0.15, 0.2) is 0 Å². The highest BCUT2D eigenvalue weighted by Gasteiger charge is 2.33. The summed E-state index contributed by atoms with van der Waals surface area (Å²) in [4.78, 5) is 15.4. The Kier molecular flexibility index (Phi) is 6.00. The largest absolute Gasteiger partial charge is 0.486 e. The van der Waals surface area contributed by atoms with E-state index in [1.54, 1.807) is 11.8 Å². The van der Waals surface area contributed by atoms with Gasteiger partial charge in [-0.1, -0.05) is 25.1 Å². The number of nitrogens with zero attached hydrogens (tertiary/aromatic N) is 1. The van der Waals surface area contributed by atoms with Gasteiger partial charge in [-0.2, -0.15) is 0 Å². The molecule has 2 aromatic carbocycles. The van der Waals surface area contributed by atoms with Crippen molar-refractivity contribution in [3.05, 3.63) is 59.7 Å². The van der Waals surface area contributed by atoms with E-state index in [0.29, 0.717) is 24.4 Å². The Morgan fingerprint density at radius 2 is 1.92 bits per heavy atom. The van der Waals surface area contributed by atoms with Gasteiger partial charge in [-0.05, 0) is 42.3 Å². The number of benzene rings is 2. The second kappa shape index (κ2) is 8.41. The summed E-state index contributed by atoms with van der Waals surface area (Å²) in [5.41, 5.74) is 1.89. The second-order valence-corrected chi connectivity index (χ2v) is 7.18. The van der Waals surface area contributed by atoms with Crippen molar-refractivity contribution >= 4 is 17.7 Å². The van der Waals surface area contributed by atoms with Gasteiger partial charge in [-0.25, -0.2) is 0 Å². The lowest BCUT2D eigenvalue weighted by Gasteiger charge is -2.39. The number of thioether (sulfide) groups is 1. The van der Waals surface area contributed by atoms with Crippen LogP contribution in [0.1, 0.15) is 22.8 Å². The maximum Gasteiger partial charge on any atom is 0.254 e. The number of aryl methyl sites for hydroxylation is 1. The first-order valence-electron chi connectivity index (χ1n) is 8.58. The molecule has 0 saturated carbocycles. The molecule has 0 spiro atoms. The third-order valence-electron chi connectivity index (χ3n) is 4.24. The summed E-state index contributed by atoms with van der Waals surface area (Å²) in [6, 6.07) is 15.6. The number of rotatable bonds is 7.